The van der Waals surface area contributed by atoms with Crippen LogP contribution in [0.15, 0.2) is 43.0 Å². The van der Waals surface area contributed by atoms with Crippen molar-refractivity contribution >= 4 is 5.57 Å². The molecular formula is C22H32. The quantitative estimate of drug-likeness (QED) is 0.461. The smallest absolute Gasteiger partial charge is 0.0143 e. The molecule has 3 aliphatic rings. The van der Waals surface area contributed by atoms with Gasteiger partial charge in [-0.1, -0.05) is 57.0 Å². The highest BCUT2D eigenvalue weighted by Crippen LogP contribution is 2.57. The lowest BCUT2D eigenvalue weighted by Gasteiger charge is -2.42. The first-order valence-corrected chi connectivity index (χ1v) is 9.08. The van der Waals surface area contributed by atoms with E-state index in [1.54, 1.807) is 16.7 Å². The number of aryl methyl sites for hydroxylation is 1. The molecule has 0 heteroatoms. The van der Waals surface area contributed by atoms with Crippen molar-refractivity contribution in [3.05, 3.63) is 54.1 Å². The van der Waals surface area contributed by atoms with Crippen molar-refractivity contribution in [2.24, 2.45) is 11.3 Å². The van der Waals surface area contributed by atoms with Gasteiger partial charge in [0.2, 0.25) is 0 Å². The van der Waals surface area contributed by atoms with Crippen molar-refractivity contribution in [2.45, 2.75) is 65.7 Å². The Morgan fingerprint density at radius 3 is 2.50 bits per heavy atom. The van der Waals surface area contributed by atoms with Gasteiger partial charge in [-0.2, -0.15) is 0 Å². The molecule has 0 aliphatic heterocycles. The zero-order valence-electron chi connectivity index (χ0n) is 14.8. The Kier molecular flexibility index (Phi) is 5.67. The Bertz CT molecular complexity index is 537. The van der Waals surface area contributed by atoms with E-state index in [9.17, 15) is 0 Å². The summed E-state index contributed by atoms with van der Waals surface area (Å²) in [6, 6.07) is 9.12. The van der Waals surface area contributed by atoms with Crippen LogP contribution in [0, 0.1) is 11.3 Å². The van der Waals surface area contributed by atoms with Crippen molar-refractivity contribution in [1.82, 2.24) is 0 Å². The van der Waals surface area contributed by atoms with Crippen LogP contribution in [-0.4, -0.2) is 0 Å². The third-order valence-electron chi connectivity index (χ3n) is 5.84. The molecule has 0 radical (unpaired) electrons. The van der Waals surface area contributed by atoms with Gasteiger partial charge in [-0.15, -0.1) is 13.2 Å². The monoisotopic (exact) mass is 296 g/mol. The van der Waals surface area contributed by atoms with Gasteiger partial charge in [0.05, 0.1) is 0 Å². The molecule has 0 heterocycles. The zero-order chi connectivity index (χ0) is 16.2. The molecule has 1 aromatic rings. The Balaban J connectivity index is 0.000000410. The fourth-order valence-corrected chi connectivity index (χ4v) is 4.84. The summed E-state index contributed by atoms with van der Waals surface area (Å²) in [6.45, 7) is 12.6. The summed E-state index contributed by atoms with van der Waals surface area (Å²) in [5.41, 5.74) is 7.41. The van der Waals surface area contributed by atoms with Crippen molar-refractivity contribution in [3.8, 4) is 0 Å². The number of benzene rings is 1. The molecule has 0 spiro atoms. The van der Waals surface area contributed by atoms with Gasteiger partial charge in [0.1, 0.15) is 0 Å². The molecule has 3 aliphatic carbocycles. The van der Waals surface area contributed by atoms with E-state index in [1.807, 2.05) is 19.4 Å². The maximum absolute atomic E-state index is 3.00. The van der Waals surface area contributed by atoms with Gasteiger partial charge in [0, 0.05) is 0 Å². The highest BCUT2D eigenvalue weighted by atomic mass is 14.5. The van der Waals surface area contributed by atoms with Crippen LogP contribution >= 0.6 is 0 Å². The Labute approximate surface area is 137 Å². The fourth-order valence-electron chi connectivity index (χ4n) is 4.84. The lowest BCUT2D eigenvalue weighted by Crippen LogP contribution is -2.29. The lowest BCUT2D eigenvalue weighted by molar-refractivity contribution is 0.226. The first kappa shape index (κ1) is 17.1. The molecule has 22 heavy (non-hydrogen) atoms. The predicted octanol–water partition coefficient (Wildman–Crippen LogP) is 6.82. The molecule has 1 unspecified atom stereocenters. The van der Waals surface area contributed by atoms with Crippen LogP contribution < -0.4 is 0 Å². The van der Waals surface area contributed by atoms with E-state index in [2.05, 4.69) is 44.3 Å². The largest absolute Gasteiger partial charge is 0.106 e. The van der Waals surface area contributed by atoms with Crippen LogP contribution in [0.3, 0.4) is 0 Å². The standard InChI is InChI=1S/C18H22.C2H6.C2H4/c1-18-11-4-7-17(18)16-9-8-13-5-2-3-6-14(13)15(16)10-12-18;2*1-2/h2-3,5-6,17H,4,7-12H2,1H3;1-2H3;1-2H2/t17-,18?;;/m1../s1. The topological polar surface area (TPSA) is 0 Å². The van der Waals surface area contributed by atoms with Crippen LogP contribution in [-0.2, 0) is 6.42 Å². The summed E-state index contributed by atoms with van der Waals surface area (Å²) in [7, 11) is 0. The van der Waals surface area contributed by atoms with E-state index in [0.29, 0.717) is 5.41 Å². The van der Waals surface area contributed by atoms with Crippen molar-refractivity contribution < 1.29 is 0 Å². The summed E-state index contributed by atoms with van der Waals surface area (Å²) in [5, 5.41) is 0. The van der Waals surface area contributed by atoms with Gasteiger partial charge in [-0.25, -0.2) is 0 Å². The molecule has 1 fully saturated rings. The predicted molar refractivity (Wildman–Crippen MR) is 99.0 cm³/mol. The minimum absolute atomic E-state index is 0.644. The number of rotatable bonds is 0. The Hall–Kier alpha value is -1.30. The van der Waals surface area contributed by atoms with E-state index in [-0.39, 0.29) is 0 Å². The molecule has 2 atom stereocenters. The van der Waals surface area contributed by atoms with E-state index < -0.39 is 0 Å². The summed E-state index contributed by atoms with van der Waals surface area (Å²) in [6.07, 6.45) is 9.76. The SMILES string of the molecule is C=C.CC.CC12CCC[C@@H]1C1=C(CC2)c2ccccc2CC1. The first-order chi connectivity index (χ1) is 10.8. The Morgan fingerprint density at radius 1 is 1.00 bits per heavy atom. The van der Waals surface area contributed by atoms with Crippen molar-refractivity contribution in [1.29, 1.82) is 0 Å². The number of fused-ring (bicyclic) bond motifs is 4. The van der Waals surface area contributed by atoms with Crippen LogP contribution in [0.25, 0.3) is 5.57 Å². The molecule has 0 bridgehead atoms. The van der Waals surface area contributed by atoms with Gasteiger partial charge >= 0.3 is 0 Å². The molecule has 1 saturated carbocycles. The maximum atomic E-state index is 3.00. The van der Waals surface area contributed by atoms with Crippen LogP contribution in [0.4, 0.5) is 0 Å². The maximum Gasteiger partial charge on any atom is -0.0143 e. The van der Waals surface area contributed by atoms with Crippen LogP contribution in [0.5, 0.6) is 0 Å². The second-order valence-electron chi connectivity index (χ2n) is 6.76. The zero-order valence-corrected chi connectivity index (χ0v) is 14.8. The van der Waals surface area contributed by atoms with E-state index in [1.165, 1.54) is 44.9 Å². The number of hydrogen-bond donors (Lipinski definition) is 0. The summed E-state index contributed by atoms with van der Waals surface area (Å²) >= 11 is 0. The lowest BCUT2D eigenvalue weighted by atomic mass is 9.63. The highest BCUT2D eigenvalue weighted by Gasteiger charge is 2.44. The molecule has 0 saturated heterocycles. The minimum Gasteiger partial charge on any atom is -0.106 e. The second kappa shape index (κ2) is 7.31. The van der Waals surface area contributed by atoms with Crippen LogP contribution in [0.1, 0.15) is 70.4 Å². The number of allylic oxidation sites excluding steroid dienone is 2. The summed E-state index contributed by atoms with van der Waals surface area (Å²) < 4.78 is 0. The normalized spacial score (nSPS) is 28.2. The van der Waals surface area contributed by atoms with Gasteiger partial charge < -0.3 is 0 Å². The molecule has 4 rings (SSSR count). The molecule has 1 aromatic carbocycles. The van der Waals surface area contributed by atoms with Gasteiger partial charge in [-0.05, 0) is 66.6 Å². The Morgan fingerprint density at radius 2 is 1.73 bits per heavy atom. The third-order valence-corrected chi connectivity index (χ3v) is 5.84. The molecule has 0 N–H and O–H groups in total. The van der Waals surface area contributed by atoms with Crippen molar-refractivity contribution in [3.63, 3.8) is 0 Å². The fraction of sp³-hybridized carbons (Fsp3) is 0.545. The van der Waals surface area contributed by atoms with Gasteiger partial charge in [0.15, 0.2) is 0 Å². The van der Waals surface area contributed by atoms with E-state index in [4.69, 9.17) is 0 Å². The van der Waals surface area contributed by atoms with Gasteiger partial charge in [0.25, 0.3) is 0 Å². The number of hydrogen-bond acceptors (Lipinski definition) is 0. The average Bonchev–Trinajstić information content (AvgIpc) is 3.00. The second-order valence-corrected chi connectivity index (χ2v) is 6.76. The van der Waals surface area contributed by atoms with E-state index in [0.717, 1.165) is 5.92 Å². The molecule has 120 valence electrons. The van der Waals surface area contributed by atoms with Gasteiger partial charge in [-0.3, -0.25) is 0 Å². The highest BCUT2D eigenvalue weighted by molar-refractivity contribution is 5.74. The summed E-state index contributed by atoms with van der Waals surface area (Å²) in [5.74, 6) is 0.912. The minimum atomic E-state index is 0.644. The third kappa shape index (κ3) is 2.81. The van der Waals surface area contributed by atoms with E-state index >= 15 is 0 Å². The molecule has 0 amide bonds. The molecule has 0 aromatic heterocycles. The molecular weight excluding hydrogens is 264 g/mol. The van der Waals surface area contributed by atoms with Crippen molar-refractivity contribution in [2.75, 3.05) is 0 Å². The average molecular weight is 296 g/mol. The first-order valence-electron chi connectivity index (χ1n) is 9.08. The molecule has 0 nitrogen and oxygen atoms in total. The summed E-state index contributed by atoms with van der Waals surface area (Å²) in [4.78, 5) is 0. The van der Waals surface area contributed by atoms with Crippen LogP contribution in [0.2, 0.25) is 0 Å².